The smallest absolute Gasteiger partial charge is 0.534 e. The molecule has 3 rings (SSSR count). The average molecular weight is 262 g/mol. The average Bonchev–Trinajstić information content (AvgIpc) is 2.97. The molecular weight excluding hydrogens is 243 g/mol. The number of rotatable bonds is 2. The molecule has 5 nitrogen and oxygen atoms in total. The molecule has 102 valence electrons. The van der Waals surface area contributed by atoms with Crippen LogP contribution in [0.5, 0.6) is 0 Å². The highest BCUT2D eigenvalue weighted by atomic mass is 16.7. The highest BCUT2D eigenvalue weighted by molar-refractivity contribution is 6.62. The summed E-state index contributed by atoms with van der Waals surface area (Å²) in [6.07, 6.45) is 5.83. The van der Waals surface area contributed by atoms with Crippen molar-refractivity contribution in [2.24, 2.45) is 0 Å². The maximum Gasteiger partial charge on any atom is 0.566 e. The Morgan fingerprint density at radius 2 is 2.16 bits per heavy atom. The van der Waals surface area contributed by atoms with E-state index in [-0.39, 0.29) is 0 Å². The molecule has 19 heavy (non-hydrogen) atoms. The van der Waals surface area contributed by atoms with E-state index in [0.717, 1.165) is 31.5 Å². The third-order valence-corrected chi connectivity index (χ3v) is 3.78. The van der Waals surface area contributed by atoms with Gasteiger partial charge >= 0.3 is 7.12 Å². The van der Waals surface area contributed by atoms with Crippen LogP contribution in [-0.2, 0) is 14.0 Å². The molecule has 2 aliphatic heterocycles. The first-order valence-corrected chi connectivity index (χ1v) is 6.72. The van der Waals surface area contributed by atoms with Crippen molar-refractivity contribution in [2.45, 2.75) is 38.3 Å². The van der Waals surface area contributed by atoms with Gasteiger partial charge in [-0.25, -0.2) is 0 Å². The fourth-order valence-corrected chi connectivity index (χ4v) is 2.39. The molecule has 0 N–H and O–H groups in total. The molecule has 0 saturated carbocycles. The Labute approximate surface area is 113 Å². The molecule has 6 heteroatoms. The maximum absolute atomic E-state index is 5.85. The molecule has 2 aliphatic rings. The molecule has 2 saturated heterocycles. The standard InChI is InChI=1S/C13H19BN2O3/c1-10-13(2,3)19-14(18-10)11-8-15-16(9-11)12-4-6-17-7-5-12/h8-9,12H,1,4-7H2,2-3H3. The second-order valence-corrected chi connectivity index (χ2v) is 5.60. The van der Waals surface area contributed by atoms with Crippen molar-refractivity contribution in [3.05, 3.63) is 24.7 Å². The minimum atomic E-state index is -0.439. The van der Waals surface area contributed by atoms with E-state index in [0.29, 0.717) is 11.8 Å². The summed E-state index contributed by atoms with van der Waals surface area (Å²) in [5.41, 5.74) is 0.504. The predicted molar refractivity (Wildman–Crippen MR) is 72.1 cm³/mol. The van der Waals surface area contributed by atoms with E-state index in [1.54, 1.807) is 0 Å². The van der Waals surface area contributed by atoms with Crippen LogP contribution in [0.15, 0.2) is 24.7 Å². The van der Waals surface area contributed by atoms with Gasteiger partial charge < -0.3 is 14.0 Å². The Balaban J connectivity index is 1.73. The first kappa shape index (κ1) is 12.8. The van der Waals surface area contributed by atoms with Crippen LogP contribution in [0.1, 0.15) is 32.7 Å². The quantitative estimate of drug-likeness (QED) is 0.753. The fourth-order valence-electron chi connectivity index (χ4n) is 2.39. The minimum Gasteiger partial charge on any atom is -0.534 e. The molecule has 0 unspecified atom stereocenters. The highest BCUT2D eigenvalue weighted by Crippen LogP contribution is 2.29. The molecule has 0 amide bonds. The lowest BCUT2D eigenvalue weighted by Crippen LogP contribution is -2.33. The summed E-state index contributed by atoms with van der Waals surface area (Å²) in [5, 5.41) is 4.43. The monoisotopic (exact) mass is 262 g/mol. The van der Waals surface area contributed by atoms with Crippen LogP contribution in [0.2, 0.25) is 0 Å². The van der Waals surface area contributed by atoms with Gasteiger partial charge in [-0.1, -0.05) is 6.58 Å². The zero-order chi connectivity index (χ0) is 13.5. The number of hydrogen-bond donors (Lipinski definition) is 0. The van der Waals surface area contributed by atoms with E-state index in [1.165, 1.54) is 0 Å². The van der Waals surface area contributed by atoms with Gasteiger partial charge in [-0.05, 0) is 26.7 Å². The summed E-state index contributed by atoms with van der Waals surface area (Å²) in [4.78, 5) is 0. The summed E-state index contributed by atoms with van der Waals surface area (Å²) in [7, 11) is -0.393. The van der Waals surface area contributed by atoms with Gasteiger partial charge in [0.15, 0.2) is 0 Å². The van der Waals surface area contributed by atoms with Gasteiger partial charge in [0.05, 0.1) is 18.0 Å². The van der Waals surface area contributed by atoms with E-state index in [4.69, 9.17) is 14.0 Å². The molecule has 3 heterocycles. The lowest BCUT2D eigenvalue weighted by Gasteiger charge is -2.22. The maximum atomic E-state index is 5.85. The summed E-state index contributed by atoms with van der Waals surface area (Å²) >= 11 is 0. The summed E-state index contributed by atoms with van der Waals surface area (Å²) in [6.45, 7) is 9.41. The lowest BCUT2D eigenvalue weighted by molar-refractivity contribution is 0.0662. The first-order valence-electron chi connectivity index (χ1n) is 6.72. The fraction of sp³-hybridized carbons (Fsp3) is 0.615. The molecule has 1 aromatic rings. The summed E-state index contributed by atoms with van der Waals surface area (Å²) in [5.74, 6) is 0.663. The van der Waals surface area contributed by atoms with Crippen LogP contribution in [0, 0.1) is 0 Å². The molecule has 0 aromatic carbocycles. The Morgan fingerprint density at radius 1 is 1.42 bits per heavy atom. The third-order valence-electron chi connectivity index (χ3n) is 3.78. The zero-order valence-corrected chi connectivity index (χ0v) is 11.5. The minimum absolute atomic E-state index is 0.393. The van der Waals surface area contributed by atoms with Gasteiger partial charge in [0.2, 0.25) is 0 Å². The van der Waals surface area contributed by atoms with E-state index in [1.807, 2.05) is 30.9 Å². The van der Waals surface area contributed by atoms with E-state index in [2.05, 4.69) is 11.7 Å². The zero-order valence-electron chi connectivity index (χ0n) is 11.5. The molecule has 2 fully saturated rings. The van der Waals surface area contributed by atoms with Gasteiger partial charge in [-0.2, -0.15) is 5.10 Å². The van der Waals surface area contributed by atoms with Gasteiger partial charge in [-0.3, -0.25) is 4.68 Å². The summed E-state index contributed by atoms with van der Waals surface area (Å²) < 4.78 is 18.9. The van der Waals surface area contributed by atoms with Crippen molar-refractivity contribution in [2.75, 3.05) is 13.2 Å². The van der Waals surface area contributed by atoms with E-state index < -0.39 is 12.7 Å². The topological polar surface area (TPSA) is 45.5 Å². The Kier molecular flexibility index (Phi) is 3.15. The number of nitrogens with zero attached hydrogens (tertiary/aromatic N) is 2. The van der Waals surface area contributed by atoms with Gasteiger partial charge in [0.25, 0.3) is 0 Å². The van der Waals surface area contributed by atoms with E-state index >= 15 is 0 Å². The van der Waals surface area contributed by atoms with Crippen LogP contribution >= 0.6 is 0 Å². The molecule has 0 radical (unpaired) electrons. The normalized spacial score (nSPS) is 23.7. The molecular formula is C13H19BN2O3. The van der Waals surface area contributed by atoms with E-state index in [9.17, 15) is 0 Å². The third kappa shape index (κ3) is 2.42. The SMILES string of the molecule is C=C1OB(c2cnn(C3CCOCC3)c2)OC1(C)C. The molecule has 0 spiro atoms. The van der Waals surface area contributed by atoms with Crippen molar-refractivity contribution in [3.8, 4) is 0 Å². The molecule has 1 aromatic heterocycles. The largest absolute Gasteiger partial charge is 0.566 e. The van der Waals surface area contributed by atoms with Gasteiger partial charge in [-0.15, -0.1) is 0 Å². The van der Waals surface area contributed by atoms with Crippen LogP contribution in [0.3, 0.4) is 0 Å². The predicted octanol–water partition coefficient (Wildman–Crippen LogP) is 1.27. The Morgan fingerprint density at radius 3 is 2.79 bits per heavy atom. The summed E-state index contributed by atoms with van der Waals surface area (Å²) in [6, 6.07) is 0.417. The molecule has 0 aliphatic carbocycles. The van der Waals surface area contributed by atoms with Crippen molar-refractivity contribution < 1.29 is 14.0 Å². The number of aromatic nitrogens is 2. The van der Waals surface area contributed by atoms with Crippen LogP contribution < -0.4 is 5.46 Å². The second-order valence-electron chi connectivity index (χ2n) is 5.60. The van der Waals surface area contributed by atoms with Gasteiger partial charge in [0.1, 0.15) is 5.60 Å². The van der Waals surface area contributed by atoms with Crippen LogP contribution in [-0.4, -0.2) is 35.7 Å². The number of ether oxygens (including phenoxy) is 1. The lowest BCUT2D eigenvalue weighted by atomic mass is 9.82. The Bertz CT molecular complexity index is 480. The second kappa shape index (κ2) is 4.69. The van der Waals surface area contributed by atoms with Crippen molar-refractivity contribution in [1.29, 1.82) is 0 Å². The first-order chi connectivity index (χ1) is 9.06. The van der Waals surface area contributed by atoms with Crippen LogP contribution in [0.4, 0.5) is 0 Å². The highest BCUT2D eigenvalue weighted by Gasteiger charge is 2.43. The van der Waals surface area contributed by atoms with Crippen molar-refractivity contribution >= 4 is 12.6 Å². The Hall–Kier alpha value is -1.27. The number of hydrogen-bond acceptors (Lipinski definition) is 4. The van der Waals surface area contributed by atoms with Crippen molar-refractivity contribution in [1.82, 2.24) is 9.78 Å². The van der Waals surface area contributed by atoms with Gasteiger partial charge in [0, 0.05) is 24.9 Å². The molecule has 0 bridgehead atoms. The molecule has 0 atom stereocenters. The van der Waals surface area contributed by atoms with Crippen LogP contribution in [0.25, 0.3) is 0 Å². The van der Waals surface area contributed by atoms with Crippen molar-refractivity contribution in [3.63, 3.8) is 0 Å².